The van der Waals surface area contributed by atoms with Gasteiger partial charge in [0.05, 0.1) is 0 Å². The zero-order valence-electron chi connectivity index (χ0n) is 20.3. The molecule has 0 bridgehead atoms. The maximum atomic E-state index is 14.9. The number of nitrogens with zero attached hydrogens (tertiary/aromatic N) is 2. The fraction of sp³-hybridized carbons (Fsp3) is 0.276. The van der Waals surface area contributed by atoms with E-state index in [1.54, 1.807) is 44.2 Å². The fourth-order valence-corrected chi connectivity index (χ4v) is 4.42. The summed E-state index contributed by atoms with van der Waals surface area (Å²) in [7, 11) is 0. The molecule has 8 heteroatoms. The molecule has 1 atom stereocenters. The molecular weight excluding hydrogens is 484 g/mol. The van der Waals surface area contributed by atoms with Crippen LogP contribution in [0, 0.1) is 12.7 Å². The number of rotatable bonds is 7. The Morgan fingerprint density at radius 1 is 1.05 bits per heavy atom. The molecule has 1 aliphatic rings. The van der Waals surface area contributed by atoms with Gasteiger partial charge in [0.2, 0.25) is 0 Å². The van der Waals surface area contributed by atoms with Crippen molar-refractivity contribution >= 4 is 5.78 Å². The van der Waals surface area contributed by atoms with Crippen LogP contribution in [0.1, 0.15) is 71.0 Å². The molecule has 0 aliphatic heterocycles. The number of Topliss-reactive ketones (excluding diaryl/α,β-unsaturated/α-hetero) is 1. The van der Waals surface area contributed by atoms with Gasteiger partial charge in [0.15, 0.2) is 12.2 Å². The van der Waals surface area contributed by atoms with E-state index >= 15 is 0 Å². The van der Waals surface area contributed by atoms with Crippen molar-refractivity contribution in [3.8, 4) is 22.4 Å². The largest absolute Gasteiger partial charge is 0.448 e. The molecular formula is C29H24F4N2O2. The molecule has 0 N–H and O–H groups in total. The van der Waals surface area contributed by atoms with Gasteiger partial charge in [0, 0.05) is 35.2 Å². The molecule has 2 aromatic heterocycles. The van der Waals surface area contributed by atoms with E-state index in [1.807, 2.05) is 0 Å². The molecule has 4 nitrogen and oxygen atoms in total. The van der Waals surface area contributed by atoms with Gasteiger partial charge >= 0.3 is 6.18 Å². The molecule has 5 rings (SSSR count). The van der Waals surface area contributed by atoms with E-state index in [1.165, 1.54) is 18.5 Å². The lowest BCUT2D eigenvalue weighted by Gasteiger charge is -2.14. The van der Waals surface area contributed by atoms with Gasteiger partial charge < -0.3 is 4.42 Å². The molecule has 4 aromatic rings. The minimum Gasteiger partial charge on any atom is -0.448 e. The number of alkyl halides is 3. The monoisotopic (exact) mass is 508 g/mol. The first-order valence-corrected chi connectivity index (χ1v) is 12.0. The lowest BCUT2D eigenvalue weighted by molar-refractivity contribution is -0.141. The van der Waals surface area contributed by atoms with Gasteiger partial charge in [0.25, 0.3) is 0 Å². The second kappa shape index (κ2) is 9.57. The van der Waals surface area contributed by atoms with E-state index in [9.17, 15) is 22.4 Å². The maximum absolute atomic E-state index is 14.9. The first-order chi connectivity index (χ1) is 17.6. The molecule has 0 spiro atoms. The van der Waals surface area contributed by atoms with Crippen LogP contribution in [-0.4, -0.2) is 15.8 Å². The predicted octanol–water partition coefficient (Wildman–Crippen LogP) is 8.12. The van der Waals surface area contributed by atoms with E-state index in [4.69, 9.17) is 4.42 Å². The van der Waals surface area contributed by atoms with E-state index in [0.717, 1.165) is 36.4 Å². The summed E-state index contributed by atoms with van der Waals surface area (Å²) in [6.07, 6.45) is 0.0452. The quantitative estimate of drug-likeness (QED) is 0.187. The Balaban J connectivity index is 1.49. The minimum atomic E-state index is -4.53. The second-order valence-corrected chi connectivity index (χ2v) is 9.62. The summed E-state index contributed by atoms with van der Waals surface area (Å²) >= 11 is 0. The molecule has 0 unspecified atom stereocenters. The van der Waals surface area contributed by atoms with Crippen LogP contribution in [0.4, 0.5) is 17.6 Å². The highest BCUT2D eigenvalue weighted by molar-refractivity contribution is 5.99. The third-order valence-corrected chi connectivity index (χ3v) is 6.64. The SMILES string of the molecule is Cc1ccc(-c2cc(C(=O)C[C@H](C)c3ccc(C(F)(F)F)nc3)cc(-c3ncoc3C3CC3)c2)c(F)c1. The Bertz CT molecular complexity index is 1450. The van der Waals surface area contributed by atoms with Crippen molar-refractivity contribution in [1.82, 2.24) is 9.97 Å². The minimum absolute atomic E-state index is 0.0423. The van der Waals surface area contributed by atoms with Crippen molar-refractivity contribution in [2.75, 3.05) is 0 Å². The normalized spacial score (nSPS) is 14.5. The van der Waals surface area contributed by atoms with Crippen molar-refractivity contribution in [2.45, 2.75) is 51.1 Å². The molecule has 0 radical (unpaired) electrons. The van der Waals surface area contributed by atoms with E-state index in [-0.39, 0.29) is 24.0 Å². The van der Waals surface area contributed by atoms with Gasteiger partial charge in [0.1, 0.15) is 23.0 Å². The third-order valence-electron chi connectivity index (χ3n) is 6.64. The number of hydrogen-bond donors (Lipinski definition) is 0. The van der Waals surface area contributed by atoms with Crippen LogP contribution in [0.3, 0.4) is 0 Å². The summed E-state index contributed by atoms with van der Waals surface area (Å²) in [4.78, 5) is 21.3. The molecule has 37 heavy (non-hydrogen) atoms. The number of ketones is 1. The van der Waals surface area contributed by atoms with Gasteiger partial charge in [-0.25, -0.2) is 9.37 Å². The third kappa shape index (κ3) is 5.33. The van der Waals surface area contributed by atoms with Crippen molar-refractivity contribution in [3.05, 3.63) is 95.1 Å². The zero-order chi connectivity index (χ0) is 26.3. The average molecular weight is 509 g/mol. The van der Waals surface area contributed by atoms with Crippen LogP contribution in [0.5, 0.6) is 0 Å². The van der Waals surface area contributed by atoms with Gasteiger partial charge in [-0.05, 0) is 72.7 Å². The number of halogens is 4. The summed E-state index contributed by atoms with van der Waals surface area (Å²) in [6, 6.07) is 12.4. The molecule has 2 heterocycles. The Kier molecular flexibility index (Phi) is 6.43. The number of benzene rings is 2. The predicted molar refractivity (Wildman–Crippen MR) is 131 cm³/mol. The molecule has 1 fully saturated rings. The lowest BCUT2D eigenvalue weighted by atomic mass is 9.90. The van der Waals surface area contributed by atoms with Gasteiger partial charge in [-0.1, -0.05) is 25.1 Å². The number of carbonyl (C=O) groups is 1. The van der Waals surface area contributed by atoms with Gasteiger partial charge in [-0.3, -0.25) is 9.78 Å². The van der Waals surface area contributed by atoms with Crippen LogP contribution >= 0.6 is 0 Å². The van der Waals surface area contributed by atoms with Crippen LogP contribution in [0.15, 0.2) is 65.5 Å². The number of aryl methyl sites for hydroxylation is 1. The summed E-state index contributed by atoms with van der Waals surface area (Å²) in [5.41, 5.74) is 2.86. The van der Waals surface area contributed by atoms with Crippen molar-refractivity contribution in [2.24, 2.45) is 0 Å². The summed E-state index contributed by atoms with van der Waals surface area (Å²) in [6.45, 7) is 3.56. The number of pyridine rings is 1. The zero-order valence-corrected chi connectivity index (χ0v) is 20.3. The molecule has 190 valence electrons. The molecule has 0 amide bonds. The average Bonchev–Trinajstić information content (AvgIpc) is 3.59. The van der Waals surface area contributed by atoms with Crippen LogP contribution in [0.25, 0.3) is 22.4 Å². The number of carbonyl (C=O) groups excluding carboxylic acids is 1. The Morgan fingerprint density at radius 3 is 2.46 bits per heavy atom. The van der Waals surface area contributed by atoms with Crippen molar-refractivity contribution in [3.63, 3.8) is 0 Å². The highest BCUT2D eigenvalue weighted by atomic mass is 19.4. The first kappa shape index (κ1) is 24.9. The summed E-state index contributed by atoms with van der Waals surface area (Å²) < 4.78 is 59.1. The van der Waals surface area contributed by atoms with E-state index in [2.05, 4.69) is 9.97 Å². The van der Waals surface area contributed by atoms with Crippen molar-refractivity contribution < 1.29 is 26.8 Å². The first-order valence-electron chi connectivity index (χ1n) is 12.0. The number of hydrogen-bond acceptors (Lipinski definition) is 4. The number of aromatic nitrogens is 2. The van der Waals surface area contributed by atoms with Crippen LogP contribution < -0.4 is 0 Å². The lowest BCUT2D eigenvalue weighted by Crippen LogP contribution is -2.10. The van der Waals surface area contributed by atoms with E-state index < -0.39 is 17.7 Å². The van der Waals surface area contributed by atoms with Crippen molar-refractivity contribution in [1.29, 1.82) is 0 Å². The molecule has 2 aromatic carbocycles. The van der Waals surface area contributed by atoms with Gasteiger partial charge in [-0.15, -0.1) is 0 Å². The Hall–Kier alpha value is -3.81. The summed E-state index contributed by atoms with van der Waals surface area (Å²) in [5.74, 6) is 0.0362. The molecule has 0 saturated heterocycles. The maximum Gasteiger partial charge on any atom is 0.433 e. The second-order valence-electron chi connectivity index (χ2n) is 9.62. The Morgan fingerprint density at radius 2 is 1.81 bits per heavy atom. The Labute approximate surface area is 211 Å². The molecule has 1 aliphatic carbocycles. The fourth-order valence-electron chi connectivity index (χ4n) is 4.42. The van der Waals surface area contributed by atoms with Crippen LogP contribution in [-0.2, 0) is 6.18 Å². The standard InChI is InChI=1S/C29H24F4N2O2/c1-16-3-7-23(24(30)9-16)20-11-21(13-22(12-20)27-28(18-4-5-18)37-15-35-27)25(36)10-17(2)19-6-8-26(34-14-19)29(31,32)33/h3,6-9,11-15,17-18H,4-5,10H2,1-2H3/t17-/m0/s1. The topological polar surface area (TPSA) is 56.0 Å². The van der Waals surface area contributed by atoms with Crippen LogP contribution in [0.2, 0.25) is 0 Å². The van der Waals surface area contributed by atoms with Gasteiger partial charge in [-0.2, -0.15) is 13.2 Å². The summed E-state index contributed by atoms with van der Waals surface area (Å²) in [5, 5.41) is 0. The smallest absolute Gasteiger partial charge is 0.433 e. The molecule has 1 saturated carbocycles. The number of oxazole rings is 1. The highest BCUT2D eigenvalue weighted by Crippen LogP contribution is 2.44. The highest BCUT2D eigenvalue weighted by Gasteiger charge is 2.33. The van der Waals surface area contributed by atoms with E-state index in [0.29, 0.717) is 33.5 Å².